The predicted octanol–water partition coefficient (Wildman–Crippen LogP) is 5.75. The summed E-state index contributed by atoms with van der Waals surface area (Å²) in [5, 5.41) is 0.914. The van der Waals surface area contributed by atoms with E-state index < -0.39 is 5.41 Å². The SMILES string of the molecule is CN(Cc1ccccc1)C(=O)C12CCC(c3nc4cc(Cl)c(Cl)cc4nc31)C2(C)C. The van der Waals surface area contributed by atoms with Crippen molar-refractivity contribution in [2.24, 2.45) is 5.41 Å². The molecule has 1 fully saturated rings. The molecule has 2 bridgehead atoms. The fourth-order valence-corrected chi connectivity index (χ4v) is 5.92. The Morgan fingerprint density at radius 1 is 1.10 bits per heavy atom. The second kappa shape index (κ2) is 6.66. The van der Waals surface area contributed by atoms with Crippen LogP contribution in [-0.4, -0.2) is 27.8 Å². The second-order valence-electron chi connectivity index (χ2n) is 9.08. The Balaban J connectivity index is 1.63. The van der Waals surface area contributed by atoms with Crippen LogP contribution >= 0.6 is 23.2 Å². The topological polar surface area (TPSA) is 46.1 Å². The predicted molar refractivity (Wildman–Crippen MR) is 120 cm³/mol. The molecule has 2 atom stereocenters. The third-order valence-corrected chi connectivity index (χ3v) is 7.94. The number of hydrogen-bond acceptors (Lipinski definition) is 3. The van der Waals surface area contributed by atoms with Gasteiger partial charge < -0.3 is 4.90 Å². The monoisotopic (exact) mass is 439 g/mol. The summed E-state index contributed by atoms with van der Waals surface area (Å²) in [6, 6.07) is 13.6. The number of amides is 1. The lowest BCUT2D eigenvalue weighted by Crippen LogP contribution is -2.50. The quantitative estimate of drug-likeness (QED) is 0.521. The Labute approximate surface area is 186 Å². The molecule has 4 nitrogen and oxygen atoms in total. The maximum Gasteiger partial charge on any atom is 0.235 e. The smallest absolute Gasteiger partial charge is 0.235 e. The molecule has 0 radical (unpaired) electrons. The molecule has 2 aromatic carbocycles. The molecule has 154 valence electrons. The molecule has 1 aromatic heterocycles. The van der Waals surface area contributed by atoms with Gasteiger partial charge in [-0.25, -0.2) is 9.97 Å². The Morgan fingerprint density at radius 3 is 2.40 bits per heavy atom. The van der Waals surface area contributed by atoms with Gasteiger partial charge in [0.05, 0.1) is 37.9 Å². The van der Waals surface area contributed by atoms with E-state index in [-0.39, 0.29) is 17.2 Å². The molecule has 2 unspecified atom stereocenters. The maximum atomic E-state index is 14.0. The first-order chi connectivity index (χ1) is 14.3. The zero-order chi connectivity index (χ0) is 21.3. The first-order valence-electron chi connectivity index (χ1n) is 10.2. The normalized spacial score (nSPS) is 23.6. The molecule has 6 heteroatoms. The fourth-order valence-electron chi connectivity index (χ4n) is 5.60. The van der Waals surface area contributed by atoms with Crippen LogP contribution in [0.25, 0.3) is 11.0 Å². The number of fused-ring (bicyclic) bond motifs is 6. The largest absolute Gasteiger partial charge is 0.341 e. The van der Waals surface area contributed by atoms with Gasteiger partial charge in [0.25, 0.3) is 0 Å². The Bertz CT molecular complexity index is 1180. The zero-order valence-corrected chi connectivity index (χ0v) is 18.8. The van der Waals surface area contributed by atoms with Gasteiger partial charge in [0.1, 0.15) is 0 Å². The third-order valence-electron chi connectivity index (χ3n) is 7.22. The van der Waals surface area contributed by atoms with Crippen LogP contribution in [0.15, 0.2) is 42.5 Å². The molecule has 30 heavy (non-hydrogen) atoms. The number of hydrogen-bond donors (Lipinski definition) is 0. The number of carbonyl (C=O) groups is 1. The van der Waals surface area contributed by atoms with Crippen molar-refractivity contribution in [3.05, 3.63) is 69.5 Å². The molecule has 5 rings (SSSR count). The van der Waals surface area contributed by atoms with E-state index in [1.807, 2.05) is 42.3 Å². The molecule has 1 saturated carbocycles. The first kappa shape index (κ1) is 19.8. The highest BCUT2D eigenvalue weighted by Crippen LogP contribution is 2.67. The molecule has 3 aromatic rings. The molecular formula is C24H23Cl2N3O. The van der Waals surface area contributed by atoms with Gasteiger partial charge in [-0.3, -0.25) is 4.79 Å². The highest BCUT2D eigenvalue weighted by Gasteiger charge is 2.68. The van der Waals surface area contributed by atoms with E-state index in [1.165, 1.54) is 0 Å². The van der Waals surface area contributed by atoms with E-state index in [0.717, 1.165) is 35.3 Å². The number of benzene rings is 2. The molecular weight excluding hydrogens is 417 g/mol. The molecule has 1 amide bonds. The number of carbonyl (C=O) groups excluding carboxylic acids is 1. The summed E-state index contributed by atoms with van der Waals surface area (Å²) >= 11 is 12.4. The van der Waals surface area contributed by atoms with Gasteiger partial charge in [0, 0.05) is 19.5 Å². The molecule has 0 saturated heterocycles. The van der Waals surface area contributed by atoms with Gasteiger partial charge in [0.15, 0.2) is 0 Å². The lowest BCUT2D eigenvalue weighted by molar-refractivity contribution is -0.140. The van der Waals surface area contributed by atoms with E-state index >= 15 is 0 Å². The van der Waals surface area contributed by atoms with Crippen LogP contribution in [0.2, 0.25) is 10.0 Å². The van der Waals surface area contributed by atoms with Crippen molar-refractivity contribution in [3.8, 4) is 0 Å². The van der Waals surface area contributed by atoms with E-state index in [0.29, 0.717) is 22.1 Å². The van der Waals surface area contributed by atoms with Gasteiger partial charge in [-0.2, -0.15) is 0 Å². The minimum Gasteiger partial charge on any atom is -0.341 e. The van der Waals surface area contributed by atoms with E-state index in [4.69, 9.17) is 33.2 Å². The zero-order valence-electron chi connectivity index (χ0n) is 17.2. The van der Waals surface area contributed by atoms with Gasteiger partial charge in [-0.15, -0.1) is 0 Å². The Hall–Kier alpha value is -2.17. The van der Waals surface area contributed by atoms with Crippen LogP contribution in [0.4, 0.5) is 0 Å². The molecule has 2 aliphatic rings. The van der Waals surface area contributed by atoms with Crippen molar-refractivity contribution < 1.29 is 4.79 Å². The average molecular weight is 440 g/mol. The minimum absolute atomic E-state index is 0.117. The van der Waals surface area contributed by atoms with Crippen LogP contribution in [0.1, 0.15) is 49.6 Å². The van der Waals surface area contributed by atoms with Crippen molar-refractivity contribution in [3.63, 3.8) is 0 Å². The minimum atomic E-state index is -0.677. The molecule has 0 N–H and O–H groups in total. The van der Waals surface area contributed by atoms with Crippen molar-refractivity contribution in [1.82, 2.24) is 14.9 Å². The number of nitrogens with zero attached hydrogens (tertiary/aromatic N) is 3. The highest BCUT2D eigenvalue weighted by molar-refractivity contribution is 6.42. The summed E-state index contributed by atoms with van der Waals surface area (Å²) in [6.45, 7) is 4.94. The van der Waals surface area contributed by atoms with Gasteiger partial charge >= 0.3 is 0 Å². The second-order valence-corrected chi connectivity index (χ2v) is 9.89. The highest BCUT2D eigenvalue weighted by atomic mass is 35.5. The van der Waals surface area contributed by atoms with E-state index in [9.17, 15) is 4.79 Å². The van der Waals surface area contributed by atoms with Crippen LogP contribution in [0, 0.1) is 5.41 Å². The van der Waals surface area contributed by atoms with Crippen molar-refractivity contribution in [2.75, 3.05) is 7.05 Å². The number of likely N-dealkylation sites (N-methyl/N-ethyl adjacent to an activating group) is 1. The number of rotatable bonds is 3. The van der Waals surface area contributed by atoms with Crippen LogP contribution in [-0.2, 0) is 16.8 Å². The molecule has 0 spiro atoms. The maximum absolute atomic E-state index is 14.0. The third kappa shape index (κ3) is 2.56. The van der Waals surface area contributed by atoms with E-state index in [2.05, 4.69) is 13.8 Å². The number of halogens is 2. The Kier molecular flexibility index (Phi) is 4.39. The lowest BCUT2D eigenvalue weighted by Gasteiger charge is -2.39. The van der Waals surface area contributed by atoms with Crippen molar-refractivity contribution in [1.29, 1.82) is 0 Å². The summed E-state index contributed by atoms with van der Waals surface area (Å²) in [7, 11) is 1.89. The van der Waals surface area contributed by atoms with Gasteiger partial charge in [-0.1, -0.05) is 67.4 Å². The van der Waals surface area contributed by atoms with Crippen molar-refractivity contribution >= 4 is 40.1 Å². The number of aromatic nitrogens is 2. The summed E-state index contributed by atoms with van der Waals surface area (Å²) in [5.74, 6) is 0.319. The average Bonchev–Trinajstić information content (AvgIpc) is 3.09. The van der Waals surface area contributed by atoms with E-state index in [1.54, 1.807) is 12.1 Å². The summed E-state index contributed by atoms with van der Waals surface area (Å²) in [6.07, 6.45) is 1.73. The molecule has 0 aliphatic heterocycles. The fraction of sp³-hybridized carbons (Fsp3) is 0.375. The first-order valence-corrected chi connectivity index (χ1v) is 11.0. The van der Waals surface area contributed by atoms with Crippen LogP contribution in [0.3, 0.4) is 0 Å². The van der Waals surface area contributed by atoms with Crippen molar-refractivity contribution in [2.45, 2.75) is 44.6 Å². The van der Waals surface area contributed by atoms with Gasteiger partial charge in [0.2, 0.25) is 5.91 Å². The lowest BCUT2D eigenvalue weighted by atomic mass is 9.67. The Morgan fingerprint density at radius 2 is 1.73 bits per heavy atom. The van der Waals surface area contributed by atoms with Crippen LogP contribution in [0.5, 0.6) is 0 Å². The summed E-state index contributed by atoms with van der Waals surface area (Å²) < 4.78 is 0. The summed E-state index contributed by atoms with van der Waals surface area (Å²) in [4.78, 5) is 25.7. The van der Waals surface area contributed by atoms with Gasteiger partial charge in [-0.05, 0) is 36.0 Å². The molecule has 1 heterocycles. The van der Waals surface area contributed by atoms with Crippen LogP contribution < -0.4 is 0 Å². The summed E-state index contributed by atoms with van der Waals surface area (Å²) in [5.41, 5.74) is 3.35. The standard InChI is InChI=1S/C24H23Cl2N3O/c1-23(2)15-9-10-24(23,22(30)29(3)13-14-7-5-4-6-8-14)21-20(15)27-18-11-16(25)17(26)12-19(18)28-21/h4-8,11-12,15H,9-10,13H2,1-3H3. The molecule has 2 aliphatic carbocycles.